The fraction of sp³-hybridized carbons (Fsp3) is 0.231. The first kappa shape index (κ1) is 12.2. The fourth-order valence-electron chi connectivity index (χ4n) is 1.71. The molecular weight excluding hydrogens is 232 g/mol. The van der Waals surface area contributed by atoms with E-state index in [2.05, 4.69) is 10.5 Å². The second-order valence-corrected chi connectivity index (χ2v) is 4.12. The largest absolute Gasteiger partial charge is 0.478 e. The van der Waals surface area contributed by atoms with Gasteiger partial charge >= 0.3 is 5.97 Å². The first-order valence-electron chi connectivity index (χ1n) is 5.56. The van der Waals surface area contributed by atoms with Crippen molar-refractivity contribution in [1.82, 2.24) is 5.16 Å². The van der Waals surface area contributed by atoms with Crippen LogP contribution >= 0.6 is 0 Å². The smallest absolute Gasteiger partial charge is 0.335 e. The predicted octanol–water partition coefficient (Wildman–Crippen LogP) is 2.60. The van der Waals surface area contributed by atoms with Crippen LogP contribution in [-0.2, 0) is 6.54 Å². The van der Waals surface area contributed by atoms with Crippen LogP contribution in [0.15, 0.2) is 28.8 Å². The summed E-state index contributed by atoms with van der Waals surface area (Å²) in [5.74, 6) is -0.143. The zero-order valence-electron chi connectivity index (χ0n) is 10.2. The summed E-state index contributed by atoms with van der Waals surface area (Å²) >= 11 is 0. The van der Waals surface area contributed by atoms with Gasteiger partial charge in [0.25, 0.3) is 0 Å². The van der Waals surface area contributed by atoms with Gasteiger partial charge in [-0.15, -0.1) is 0 Å². The molecule has 0 atom stereocenters. The van der Waals surface area contributed by atoms with Crippen LogP contribution in [0.25, 0.3) is 0 Å². The van der Waals surface area contributed by atoms with Gasteiger partial charge in [0.05, 0.1) is 12.1 Å². The molecule has 2 N–H and O–H groups in total. The van der Waals surface area contributed by atoms with Gasteiger partial charge in [0, 0.05) is 11.8 Å². The average Bonchev–Trinajstić information content (AvgIpc) is 2.72. The topological polar surface area (TPSA) is 75.4 Å². The Labute approximate surface area is 104 Å². The Balaban J connectivity index is 2.06. The number of carboxylic acids is 1. The maximum atomic E-state index is 10.9. The number of carboxylic acid groups (broad SMARTS) is 1. The summed E-state index contributed by atoms with van der Waals surface area (Å²) in [6.07, 6.45) is 0. The van der Waals surface area contributed by atoms with Gasteiger partial charge in [-0.3, -0.25) is 0 Å². The molecular formula is C13H14N2O3. The molecule has 1 aromatic carbocycles. The summed E-state index contributed by atoms with van der Waals surface area (Å²) in [6, 6.07) is 6.99. The van der Waals surface area contributed by atoms with Crippen LogP contribution < -0.4 is 5.32 Å². The molecule has 0 aliphatic rings. The highest BCUT2D eigenvalue weighted by Gasteiger charge is 2.07. The Kier molecular flexibility index (Phi) is 3.32. The van der Waals surface area contributed by atoms with Crippen molar-refractivity contribution >= 4 is 11.7 Å². The normalized spacial score (nSPS) is 10.3. The lowest BCUT2D eigenvalue weighted by molar-refractivity contribution is 0.0696. The average molecular weight is 246 g/mol. The van der Waals surface area contributed by atoms with Crippen LogP contribution in [-0.4, -0.2) is 16.2 Å². The molecule has 0 aliphatic carbocycles. The van der Waals surface area contributed by atoms with E-state index in [0.29, 0.717) is 12.1 Å². The number of nitrogens with zero attached hydrogens (tertiary/aromatic N) is 1. The second-order valence-electron chi connectivity index (χ2n) is 4.12. The molecule has 18 heavy (non-hydrogen) atoms. The Morgan fingerprint density at radius 3 is 2.72 bits per heavy atom. The molecule has 0 fully saturated rings. The Hall–Kier alpha value is -2.30. The van der Waals surface area contributed by atoms with E-state index in [9.17, 15) is 4.79 Å². The van der Waals surface area contributed by atoms with Crippen LogP contribution in [0.4, 0.5) is 5.69 Å². The van der Waals surface area contributed by atoms with E-state index < -0.39 is 5.97 Å². The lowest BCUT2D eigenvalue weighted by Gasteiger charge is -2.07. The Morgan fingerprint density at radius 2 is 2.17 bits per heavy atom. The van der Waals surface area contributed by atoms with Gasteiger partial charge in [0.1, 0.15) is 11.5 Å². The van der Waals surface area contributed by atoms with Crippen LogP contribution in [0.1, 0.15) is 27.4 Å². The second kappa shape index (κ2) is 4.91. The van der Waals surface area contributed by atoms with Gasteiger partial charge in [0.15, 0.2) is 0 Å². The highest BCUT2D eigenvalue weighted by Crippen LogP contribution is 2.16. The summed E-state index contributed by atoms with van der Waals surface area (Å²) in [5, 5.41) is 16.0. The monoisotopic (exact) mass is 246 g/mol. The highest BCUT2D eigenvalue weighted by molar-refractivity contribution is 5.89. The molecule has 0 bridgehead atoms. The molecule has 0 radical (unpaired) electrons. The number of carbonyl (C=O) groups is 1. The summed E-state index contributed by atoms with van der Waals surface area (Å²) in [4.78, 5) is 10.9. The number of hydrogen-bond acceptors (Lipinski definition) is 4. The van der Waals surface area contributed by atoms with Gasteiger partial charge in [-0.1, -0.05) is 5.16 Å². The van der Waals surface area contributed by atoms with Crippen molar-refractivity contribution in [3.8, 4) is 0 Å². The number of nitrogens with one attached hydrogen (secondary N) is 1. The van der Waals surface area contributed by atoms with Gasteiger partial charge in [-0.2, -0.15) is 0 Å². The number of aromatic carboxylic acids is 1. The zero-order valence-corrected chi connectivity index (χ0v) is 10.2. The van der Waals surface area contributed by atoms with Crippen LogP contribution in [0.3, 0.4) is 0 Å². The van der Waals surface area contributed by atoms with Gasteiger partial charge in [-0.05, 0) is 37.6 Å². The maximum Gasteiger partial charge on any atom is 0.335 e. The molecule has 0 saturated heterocycles. The first-order chi connectivity index (χ1) is 8.56. The number of hydrogen-bond donors (Lipinski definition) is 2. The van der Waals surface area contributed by atoms with E-state index in [1.807, 2.05) is 13.0 Å². The van der Waals surface area contributed by atoms with E-state index in [1.165, 1.54) is 0 Å². The molecule has 0 unspecified atom stereocenters. The molecule has 1 heterocycles. The zero-order chi connectivity index (χ0) is 13.1. The number of benzene rings is 1. The quantitative estimate of drug-likeness (QED) is 0.867. The third-order valence-electron chi connectivity index (χ3n) is 2.61. The van der Waals surface area contributed by atoms with Crippen molar-refractivity contribution < 1.29 is 14.4 Å². The summed E-state index contributed by atoms with van der Waals surface area (Å²) in [6.45, 7) is 4.15. The minimum absolute atomic E-state index is 0.317. The molecule has 94 valence electrons. The number of aryl methyl sites for hydroxylation is 2. The van der Waals surface area contributed by atoms with Crippen LogP contribution in [0, 0.1) is 13.8 Å². The van der Waals surface area contributed by atoms with E-state index >= 15 is 0 Å². The van der Waals surface area contributed by atoms with E-state index in [4.69, 9.17) is 9.63 Å². The van der Waals surface area contributed by atoms with E-state index in [0.717, 1.165) is 22.7 Å². The number of anilines is 1. The third-order valence-corrected chi connectivity index (χ3v) is 2.61. The summed E-state index contributed by atoms with van der Waals surface area (Å²) in [7, 11) is 0. The molecule has 2 rings (SSSR count). The molecule has 1 aromatic heterocycles. The third kappa shape index (κ3) is 2.68. The number of rotatable bonds is 4. The lowest BCUT2D eigenvalue weighted by atomic mass is 10.1. The first-order valence-corrected chi connectivity index (χ1v) is 5.56. The number of aromatic nitrogens is 1. The van der Waals surface area contributed by atoms with Crippen molar-refractivity contribution in [1.29, 1.82) is 0 Å². The van der Waals surface area contributed by atoms with Crippen LogP contribution in [0.5, 0.6) is 0 Å². The van der Waals surface area contributed by atoms with Crippen molar-refractivity contribution in [3.63, 3.8) is 0 Å². The molecule has 5 heteroatoms. The molecule has 0 spiro atoms. The molecule has 2 aromatic rings. The predicted molar refractivity (Wildman–Crippen MR) is 66.7 cm³/mol. The molecule has 5 nitrogen and oxygen atoms in total. The summed E-state index contributed by atoms with van der Waals surface area (Å²) < 4.78 is 4.96. The fourth-order valence-corrected chi connectivity index (χ4v) is 1.71. The summed E-state index contributed by atoms with van der Waals surface area (Å²) in [5.41, 5.74) is 2.72. The van der Waals surface area contributed by atoms with Gasteiger partial charge in [0.2, 0.25) is 0 Å². The van der Waals surface area contributed by atoms with E-state index in [1.54, 1.807) is 25.1 Å². The van der Waals surface area contributed by atoms with Crippen molar-refractivity contribution in [2.75, 3.05) is 5.32 Å². The van der Waals surface area contributed by atoms with Gasteiger partial charge in [-0.25, -0.2) is 4.79 Å². The van der Waals surface area contributed by atoms with Crippen molar-refractivity contribution in [2.45, 2.75) is 20.4 Å². The van der Waals surface area contributed by atoms with Crippen molar-refractivity contribution in [3.05, 3.63) is 46.8 Å². The standard InChI is InChI=1S/C13H14N2O3/c1-8-5-10(3-4-12(8)13(16)17)14-7-11-6-9(2)18-15-11/h3-6,14H,7H2,1-2H3,(H,16,17). The van der Waals surface area contributed by atoms with Gasteiger partial charge < -0.3 is 14.9 Å². The van der Waals surface area contributed by atoms with Crippen molar-refractivity contribution in [2.24, 2.45) is 0 Å². The molecule has 0 amide bonds. The SMILES string of the molecule is Cc1cc(CNc2ccc(C(=O)O)c(C)c2)no1. The van der Waals surface area contributed by atoms with E-state index in [-0.39, 0.29) is 0 Å². The highest BCUT2D eigenvalue weighted by atomic mass is 16.5. The lowest BCUT2D eigenvalue weighted by Crippen LogP contribution is -2.03. The Bertz CT molecular complexity index is 575. The minimum Gasteiger partial charge on any atom is -0.478 e. The molecule has 0 saturated carbocycles. The maximum absolute atomic E-state index is 10.9. The van der Waals surface area contributed by atoms with Crippen LogP contribution in [0.2, 0.25) is 0 Å². The molecule has 0 aliphatic heterocycles. The Morgan fingerprint density at radius 1 is 1.39 bits per heavy atom. The minimum atomic E-state index is -0.911.